The lowest BCUT2D eigenvalue weighted by Crippen LogP contribution is -2.05. The lowest BCUT2D eigenvalue weighted by Gasteiger charge is -2.13. The lowest BCUT2D eigenvalue weighted by molar-refractivity contribution is 0.407. The Morgan fingerprint density at radius 1 is 1.24 bits per heavy atom. The summed E-state index contributed by atoms with van der Waals surface area (Å²) in [4.78, 5) is 0. The first kappa shape index (κ1) is 12.4. The third-order valence-electron chi connectivity index (χ3n) is 4.49. The molecule has 2 N–H and O–H groups in total. The van der Waals surface area contributed by atoms with Crippen LogP contribution in [0.1, 0.15) is 36.5 Å². The molecule has 1 aromatic carbocycles. The Morgan fingerprint density at radius 3 is 2.29 bits per heavy atom. The van der Waals surface area contributed by atoms with Gasteiger partial charge in [-0.2, -0.15) is 0 Å². The molecule has 0 bridgehead atoms. The van der Waals surface area contributed by atoms with Gasteiger partial charge in [0.1, 0.15) is 5.75 Å². The van der Waals surface area contributed by atoms with Gasteiger partial charge in [-0.05, 0) is 60.4 Å². The maximum absolute atomic E-state index is 5.86. The minimum atomic E-state index is 0.309. The van der Waals surface area contributed by atoms with Crippen molar-refractivity contribution in [1.82, 2.24) is 0 Å². The average molecular weight is 233 g/mol. The number of benzene rings is 1. The second kappa shape index (κ2) is 4.02. The summed E-state index contributed by atoms with van der Waals surface area (Å²) in [6, 6.07) is 4.42. The van der Waals surface area contributed by atoms with Crippen LogP contribution in [0.3, 0.4) is 0 Å². The lowest BCUT2D eigenvalue weighted by atomic mass is 9.98. The van der Waals surface area contributed by atoms with Crippen molar-refractivity contribution in [2.24, 2.45) is 17.1 Å². The molecule has 2 atom stereocenters. The van der Waals surface area contributed by atoms with Crippen LogP contribution in [-0.4, -0.2) is 13.7 Å². The van der Waals surface area contributed by atoms with Crippen molar-refractivity contribution >= 4 is 0 Å². The van der Waals surface area contributed by atoms with Crippen LogP contribution in [-0.2, 0) is 0 Å². The van der Waals surface area contributed by atoms with E-state index in [1.807, 2.05) is 0 Å². The summed E-state index contributed by atoms with van der Waals surface area (Å²) in [7, 11) is 1.75. The van der Waals surface area contributed by atoms with Crippen molar-refractivity contribution < 1.29 is 4.74 Å². The van der Waals surface area contributed by atoms with Crippen LogP contribution in [0.2, 0.25) is 0 Å². The molecule has 1 aliphatic rings. The van der Waals surface area contributed by atoms with Gasteiger partial charge in [-0.15, -0.1) is 0 Å². The Hall–Kier alpha value is -1.02. The maximum Gasteiger partial charge on any atom is 0.122 e. The van der Waals surface area contributed by atoms with Crippen molar-refractivity contribution in [2.45, 2.75) is 33.6 Å². The van der Waals surface area contributed by atoms with E-state index in [0.29, 0.717) is 17.3 Å². The van der Waals surface area contributed by atoms with E-state index in [4.69, 9.17) is 10.5 Å². The Morgan fingerprint density at radius 2 is 1.82 bits per heavy atom. The first-order valence-electron chi connectivity index (χ1n) is 6.28. The van der Waals surface area contributed by atoms with E-state index in [0.717, 1.165) is 12.3 Å². The molecule has 0 heterocycles. The number of hydrogen-bond donors (Lipinski definition) is 1. The number of methoxy groups -OCH3 is 1. The zero-order valence-corrected chi connectivity index (χ0v) is 11.5. The van der Waals surface area contributed by atoms with Crippen LogP contribution in [0.4, 0.5) is 0 Å². The van der Waals surface area contributed by atoms with Crippen molar-refractivity contribution in [1.29, 1.82) is 0 Å². The van der Waals surface area contributed by atoms with E-state index in [2.05, 4.69) is 39.8 Å². The first-order valence-corrected chi connectivity index (χ1v) is 6.28. The van der Waals surface area contributed by atoms with Gasteiger partial charge >= 0.3 is 0 Å². The summed E-state index contributed by atoms with van der Waals surface area (Å²) >= 11 is 0. The summed E-state index contributed by atoms with van der Waals surface area (Å²) in [5.41, 5.74) is 10.1. The molecule has 0 aliphatic heterocycles. The highest BCUT2D eigenvalue weighted by Gasteiger charge is 2.58. The molecule has 17 heavy (non-hydrogen) atoms. The zero-order chi connectivity index (χ0) is 12.8. The van der Waals surface area contributed by atoms with Gasteiger partial charge in [0.25, 0.3) is 0 Å². The minimum Gasteiger partial charge on any atom is -0.496 e. The third-order valence-corrected chi connectivity index (χ3v) is 4.49. The Balaban J connectivity index is 2.43. The predicted octanol–water partition coefficient (Wildman–Crippen LogP) is 3.01. The number of ether oxygens (including phenoxy) is 1. The molecule has 0 amide bonds. The van der Waals surface area contributed by atoms with Crippen LogP contribution >= 0.6 is 0 Å². The van der Waals surface area contributed by atoms with Crippen molar-refractivity contribution in [3.8, 4) is 5.75 Å². The molecule has 1 saturated carbocycles. The molecule has 0 saturated heterocycles. The van der Waals surface area contributed by atoms with Crippen molar-refractivity contribution in [3.63, 3.8) is 0 Å². The smallest absolute Gasteiger partial charge is 0.122 e. The summed E-state index contributed by atoms with van der Waals surface area (Å²) in [5, 5.41) is 0. The van der Waals surface area contributed by atoms with Gasteiger partial charge in [-0.25, -0.2) is 0 Å². The van der Waals surface area contributed by atoms with E-state index in [1.165, 1.54) is 16.7 Å². The van der Waals surface area contributed by atoms with E-state index in [1.54, 1.807) is 7.11 Å². The monoisotopic (exact) mass is 233 g/mol. The largest absolute Gasteiger partial charge is 0.496 e. The fourth-order valence-electron chi connectivity index (χ4n) is 3.03. The van der Waals surface area contributed by atoms with Gasteiger partial charge in [-0.1, -0.05) is 19.9 Å². The average Bonchev–Trinajstić information content (AvgIpc) is 2.83. The molecule has 0 aromatic heterocycles. The molecule has 1 aromatic rings. The molecular formula is C15H23NO. The van der Waals surface area contributed by atoms with Crippen molar-refractivity contribution in [2.75, 3.05) is 13.7 Å². The third kappa shape index (κ3) is 1.85. The summed E-state index contributed by atoms with van der Waals surface area (Å²) in [6.45, 7) is 9.63. The number of nitrogens with two attached hydrogens (primary N) is 1. The highest BCUT2D eigenvalue weighted by atomic mass is 16.5. The molecule has 0 spiro atoms. The summed E-state index contributed by atoms with van der Waals surface area (Å²) in [6.07, 6.45) is 0. The van der Waals surface area contributed by atoms with Crippen LogP contribution in [0.15, 0.2) is 12.1 Å². The van der Waals surface area contributed by atoms with E-state index in [-0.39, 0.29) is 0 Å². The van der Waals surface area contributed by atoms with Crippen LogP contribution in [0.25, 0.3) is 0 Å². The molecule has 1 fully saturated rings. The quantitative estimate of drug-likeness (QED) is 0.871. The van der Waals surface area contributed by atoms with E-state index >= 15 is 0 Å². The molecule has 2 rings (SSSR count). The highest BCUT2D eigenvalue weighted by Crippen LogP contribution is 2.65. The number of rotatable bonds is 3. The van der Waals surface area contributed by atoms with E-state index < -0.39 is 0 Å². The fourth-order valence-corrected chi connectivity index (χ4v) is 3.03. The molecule has 0 radical (unpaired) electrons. The fraction of sp³-hybridized carbons (Fsp3) is 0.600. The Bertz CT molecular complexity index is 437. The van der Waals surface area contributed by atoms with Gasteiger partial charge in [0.15, 0.2) is 0 Å². The molecule has 2 nitrogen and oxygen atoms in total. The number of hydrogen-bond acceptors (Lipinski definition) is 2. The predicted molar refractivity (Wildman–Crippen MR) is 71.5 cm³/mol. The van der Waals surface area contributed by atoms with Gasteiger partial charge in [0.05, 0.1) is 7.11 Å². The van der Waals surface area contributed by atoms with Gasteiger partial charge in [-0.3, -0.25) is 0 Å². The molecule has 94 valence electrons. The van der Waals surface area contributed by atoms with Crippen molar-refractivity contribution in [3.05, 3.63) is 28.8 Å². The number of aryl methyl sites for hydroxylation is 2. The normalized spacial score (nSPS) is 25.8. The first-order chi connectivity index (χ1) is 7.93. The highest BCUT2D eigenvalue weighted by molar-refractivity contribution is 5.48. The van der Waals surface area contributed by atoms with Crippen LogP contribution in [0, 0.1) is 25.2 Å². The topological polar surface area (TPSA) is 35.2 Å². The van der Waals surface area contributed by atoms with E-state index in [9.17, 15) is 0 Å². The van der Waals surface area contributed by atoms with Gasteiger partial charge in [0.2, 0.25) is 0 Å². The molecule has 1 aliphatic carbocycles. The second-order valence-corrected chi connectivity index (χ2v) is 5.82. The minimum absolute atomic E-state index is 0.309. The molecule has 2 unspecified atom stereocenters. The Labute approximate surface area is 104 Å². The molecule has 2 heteroatoms. The van der Waals surface area contributed by atoms with Gasteiger partial charge in [0, 0.05) is 0 Å². The molecular weight excluding hydrogens is 210 g/mol. The summed E-state index contributed by atoms with van der Waals surface area (Å²) in [5.74, 6) is 2.14. The zero-order valence-electron chi connectivity index (χ0n) is 11.5. The summed E-state index contributed by atoms with van der Waals surface area (Å²) < 4.78 is 5.53. The van der Waals surface area contributed by atoms with Crippen LogP contribution in [0.5, 0.6) is 5.75 Å². The SMILES string of the molecule is COc1cc(C)c(C)cc1C1C(CN)C1(C)C. The Kier molecular flexibility index (Phi) is 2.94. The maximum atomic E-state index is 5.86. The second-order valence-electron chi connectivity index (χ2n) is 5.82. The van der Waals surface area contributed by atoms with Gasteiger partial charge < -0.3 is 10.5 Å². The standard InChI is InChI=1S/C15H23NO/c1-9-6-11(13(17-5)7-10(9)2)14-12(8-16)15(14,3)4/h6-7,12,14H,8,16H2,1-5H3. The van der Waals surface area contributed by atoms with Crippen LogP contribution < -0.4 is 10.5 Å².